The normalized spacial score (nSPS) is 10.9. The first-order valence-corrected chi connectivity index (χ1v) is 10.7. The van der Waals surface area contributed by atoms with Crippen LogP contribution < -0.4 is 10.5 Å². The van der Waals surface area contributed by atoms with Crippen LogP contribution in [0.1, 0.15) is 43.6 Å². The monoisotopic (exact) mass is 440 g/mol. The van der Waals surface area contributed by atoms with Gasteiger partial charge in [0, 0.05) is 11.3 Å². The molecule has 0 bridgehead atoms. The Bertz CT molecular complexity index is 1320. The summed E-state index contributed by atoms with van der Waals surface area (Å²) in [7, 11) is 0. The van der Waals surface area contributed by atoms with E-state index in [2.05, 4.69) is 45.2 Å². The van der Waals surface area contributed by atoms with Crippen molar-refractivity contribution in [3.05, 3.63) is 65.6 Å². The molecule has 0 radical (unpaired) electrons. The predicted molar refractivity (Wildman–Crippen MR) is 124 cm³/mol. The Labute approximate surface area is 191 Å². The van der Waals surface area contributed by atoms with Crippen molar-refractivity contribution in [2.75, 3.05) is 12.3 Å². The number of hydrogen-bond acceptors (Lipinski definition) is 8. The summed E-state index contributed by atoms with van der Waals surface area (Å²) in [6, 6.07) is 15.2. The number of nitrogens with zero attached hydrogens (tertiary/aromatic N) is 7. The topological polar surface area (TPSA) is 128 Å². The zero-order chi connectivity index (χ0) is 23.4. The summed E-state index contributed by atoms with van der Waals surface area (Å²) in [5, 5.41) is 18.0. The molecular formula is C24H24N8O. The molecule has 0 aliphatic rings. The Morgan fingerprint density at radius 3 is 2.61 bits per heavy atom. The first kappa shape index (κ1) is 21.9. The zero-order valence-electron chi connectivity index (χ0n) is 18.7. The van der Waals surface area contributed by atoms with Gasteiger partial charge in [0.2, 0.25) is 5.95 Å². The van der Waals surface area contributed by atoms with E-state index in [1.807, 2.05) is 31.2 Å². The Kier molecular flexibility index (Phi) is 6.26. The Hall–Kier alpha value is -4.32. The van der Waals surface area contributed by atoms with Gasteiger partial charge in [0.25, 0.3) is 0 Å². The van der Waals surface area contributed by atoms with Crippen molar-refractivity contribution in [3.63, 3.8) is 0 Å². The first-order valence-electron chi connectivity index (χ1n) is 10.7. The molecule has 33 heavy (non-hydrogen) atoms. The van der Waals surface area contributed by atoms with Crippen molar-refractivity contribution in [2.24, 2.45) is 0 Å². The summed E-state index contributed by atoms with van der Waals surface area (Å²) in [5.41, 5.74) is 10.7. The standard InChI is InChI=1S/C24H24N8O/c1-4-33-23-16(12-25)7-5-9-18(23)20-11-21(29-24(26)28-20)22-14-32(31-30-22)13-17-8-6-10-19(27-17)15(2)3/h5-11,14-15H,4,13H2,1-3H3,(H2,26,28,29). The molecule has 3 heterocycles. The number of rotatable bonds is 7. The molecule has 0 amide bonds. The molecule has 0 saturated heterocycles. The van der Waals surface area contributed by atoms with Crippen LogP contribution in [0.25, 0.3) is 22.6 Å². The summed E-state index contributed by atoms with van der Waals surface area (Å²) < 4.78 is 7.44. The summed E-state index contributed by atoms with van der Waals surface area (Å²) in [5.74, 6) is 0.902. The summed E-state index contributed by atoms with van der Waals surface area (Å²) >= 11 is 0. The number of nitrogens with two attached hydrogens (primary N) is 1. The number of benzene rings is 1. The smallest absolute Gasteiger partial charge is 0.221 e. The number of para-hydroxylation sites is 1. The number of pyridine rings is 1. The van der Waals surface area contributed by atoms with Crippen LogP contribution in [0.5, 0.6) is 5.75 Å². The van der Waals surface area contributed by atoms with Crippen LogP contribution in [0.4, 0.5) is 5.95 Å². The molecule has 4 aromatic rings. The SMILES string of the molecule is CCOc1c(C#N)cccc1-c1cc(-c2cn(Cc3cccc(C(C)C)n3)nn2)nc(N)n1. The average Bonchev–Trinajstić information content (AvgIpc) is 3.27. The molecule has 0 aliphatic heterocycles. The van der Waals surface area contributed by atoms with Gasteiger partial charge in [0.15, 0.2) is 0 Å². The van der Waals surface area contributed by atoms with Gasteiger partial charge in [-0.05, 0) is 43.2 Å². The first-order chi connectivity index (χ1) is 16.0. The highest BCUT2D eigenvalue weighted by molar-refractivity contribution is 5.74. The van der Waals surface area contributed by atoms with Crippen molar-refractivity contribution in [1.82, 2.24) is 29.9 Å². The third kappa shape index (κ3) is 4.80. The number of anilines is 1. The summed E-state index contributed by atoms with van der Waals surface area (Å²) in [4.78, 5) is 13.4. The van der Waals surface area contributed by atoms with E-state index in [1.54, 1.807) is 29.1 Å². The molecule has 0 spiro atoms. The lowest BCUT2D eigenvalue weighted by atomic mass is 10.1. The fraction of sp³-hybridized carbons (Fsp3) is 0.250. The second-order valence-corrected chi connectivity index (χ2v) is 7.73. The maximum atomic E-state index is 9.46. The van der Waals surface area contributed by atoms with E-state index in [4.69, 9.17) is 10.5 Å². The minimum Gasteiger partial charge on any atom is -0.492 e. The fourth-order valence-corrected chi connectivity index (χ4v) is 3.43. The molecule has 2 N–H and O–H groups in total. The van der Waals surface area contributed by atoms with Crippen molar-refractivity contribution in [2.45, 2.75) is 33.2 Å². The van der Waals surface area contributed by atoms with Gasteiger partial charge in [-0.25, -0.2) is 14.6 Å². The summed E-state index contributed by atoms with van der Waals surface area (Å²) in [6.45, 7) is 6.99. The van der Waals surface area contributed by atoms with E-state index < -0.39 is 0 Å². The lowest BCUT2D eigenvalue weighted by Gasteiger charge is -2.12. The maximum absolute atomic E-state index is 9.46. The molecule has 4 rings (SSSR count). The molecule has 0 saturated carbocycles. The van der Waals surface area contributed by atoms with Crippen molar-refractivity contribution < 1.29 is 4.74 Å². The fourth-order valence-electron chi connectivity index (χ4n) is 3.43. The lowest BCUT2D eigenvalue weighted by Crippen LogP contribution is -2.04. The van der Waals surface area contributed by atoms with Gasteiger partial charge in [0.1, 0.15) is 17.5 Å². The highest BCUT2D eigenvalue weighted by atomic mass is 16.5. The number of aromatic nitrogens is 6. The van der Waals surface area contributed by atoms with Crippen LogP contribution in [-0.2, 0) is 6.54 Å². The number of ether oxygens (including phenoxy) is 1. The van der Waals surface area contributed by atoms with Crippen LogP contribution >= 0.6 is 0 Å². The van der Waals surface area contributed by atoms with Crippen LogP contribution in [-0.4, -0.2) is 36.6 Å². The number of nitrogen functional groups attached to an aromatic ring is 1. The maximum Gasteiger partial charge on any atom is 0.221 e. The van der Waals surface area contributed by atoms with E-state index in [0.29, 0.717) is 53.0 Å². The predicted octanol–water partition coefficient (Wildman–Crippen LogP) is 3.82. The van der Waals surface area contributed by atoms with Crippen LogP contribution in [0.3, 0.4) is 0 Å². The second-order valence-electron chi connectivity index (χ2n) is 7.73. The average molecular weight is 441 g/mol. The molecule has 0 fully saturated rings. The minimum absolute atomic E-state index is 0.0909. The van der Waals surface area contributed by atoms with E-state index in [0.717, 1.165) is 11.4 Å². The Morgan fingerprint density at radius 1 is 1.06 bits per heavy atom. The van der Waals surface area contributed by atoms with Crippen LogP contribution in [0.2, 0.25) is 0 Å². The van der Waals surface area contributed by atoms with Crippen molar-refractivity contribution >= 4 is 5.95 Å². The number of nitriles is 1. The third-order valence-corrected chi connectivity index (χ3v) is 4.99. The summed E-state index contributed by atoms with van der Waals surface area (Å²) in [6.07, 6.45) is 1.80. The van der Waals surface area contributed by atoms with Gasteiger partial charge >= 0.3 is 0 Å². The van der Waals surface area contributed by atoms with Crippen LogP contribution in [0, 0.1) is 11.3 Å². The molecule has 1 aromatic carbocycles. The van der Waals surface area contributed by atoms with Gasteiger partial charge < -0.3 is 10.5 Å². The molecule has 9 heteroatoms. The molecular weight excluding hydrogens is 416 g/mol. The van der Waals surface area contributed by atoms with Gasteiger partial charge in [-0.15, -0.1) is 5.10 Å². The number of hydrogen-bond donors (Lipinski definition) is 1. The van der Waals surface area contributed by atoms with E-state index in [9.17, 15) is 5.26 Å². The van der Waals surface area contributed by atoms with Crippen LogP contribution in [0.15, 0.2) is 48.7 Å². The van der Waals surface area contributed by atoms with Gasteiger partial charge in [-0.1, -0.05) is 31.2 Å². The highest BCUT2D eigenvalue weighted by Crippen LogP contribution is 2.33. The van der Waals surface area contributed by atoms with E-state index in [1.165, 1.54) is 0 Å². The molecule has 166 valence electrons. The van der Waals surface area contributed by atoms with Crippen molar-refractivity contribution in [1.29, 1.82) is 5.26 Å². The molecule has 0 unspecified atom stereocenters. The zero-order valence-corrected chi connectivity index (χ0v) is 18.7. The molecule has 3 aromatic heterocycles. The molecule has 9 nitrogen and oxygen atoms in total. The van der Waals surface area contributed by atoms with Gasteiger partial charge in [-0.3, -0.25) is 4.98 Å². The second kappa shape index (κ2) is 9.44. The van der Waals surface area contributed by atoms with E-state index >= 15 is 0 Å². The molecule has 0 atom stereocenters. The van der Waals surface area contributed by atoms with E-state index in [-0.39, 0.29) is 5.95 Å². The molecule has 0 aliphatic carbocycles. The highest BCUT2D eigenvalue weighted by Gasteiger charge is 2.16. The Balaban J connectivity index is 1.67. The lowest BCUT2D eigenvalue weighted by molar-refractivity contribution is 0.340. The van der Waals surface area contributed by atoms with Gasteiger partial charge in [0.05, 0.1) is 42.0 Å². The van der Waals surface area contributed by atoms with Crippen molar-refractivity contribution in [3.8, 4) is 34.5 Å². The quantitative estimate of drug-likeness (QED) is 0.459. The largest absolute Gasteiger partial charge is 0.492 e. The van der Waals surface area contributed by atoms with Gasteiger partial charge in [-0.2, -0.15) is 5.26 Å². The minimum atomic E-state index is 0.0909. The Morgan fingerprint density at radius 2 is 1.85 bits per heavy atom. The third-order valence-electron chi connectivity index (χ3n) is 4.99.